The van der Waals surface area contributed by atoms with Crippen molar-refractivity contribution in [3.63, 3.8) is 0 Å². The van der Waals surface area contributed by atoms with Crippen LogP contribution < -0.4 is 9.47 Å². The molecule has 0 N–H and O–H groups in total. The molecule has 4 heteroatoms. The third-order valence-electron chi connectivity index (χ3n) is 1.91. The van der Waals surface area contributed by atoms with Crippen LogP contribution in [0.1, 0.15) is 5.56 Å². The van der Waals surface area contributed by atoms with Crippen molar-refractivity contribution in [1.29, 1.82) is 5.26 Å². The smallest absolute Gasteiger partial charge is 0.231 e. The predicted octanol–water partition coefficient (Wildman–Crippen LogP) is 2.71. The molecular formula is C10H6INO2. The van der Waals surface area contributed by atoms with Crippen molar-refractivity contribution in [3.8, 4) is 17.6 Å². The number of hydrogen-bond acceptors (Lipinski definition) is 3. The van der Waals surface area contributed by atoms with Gasteiger partial charge < -0.3 is 9.47 Å². The summed E-state index contributed by atoms with van der Waals surface area (Å²) in [5.41, 5.74) is 1.48. The number of hydrogen-bond donors (Lipinski definition) is 0. The first-order chi connectivity index (χ1) is 6.85. The zero-order chi connectivity index (χ0) is 9.97. The van der Waals surface area contributed by atoms with Crippen LogP contribution in [0.2, 0.25) is 0 Å². The van der Waals surface area contributed by atoms with Crippen LogP contribution in [0.5, 0.6) is 11.5 Å². The summed E-state index contributed by atoms with van der Waals surface area (Å²) in [5.74, 6) is 1.44. The fourth-order valence-corrected chi connectivity index (χ4v) is 1.71. The SMILES string of the molecule is N#C/C(=C\I)c1ccc2c(c1)OCO2. The van der Waals surface area contributed by atoms with Crippen molar-refractivity contribution >= 4 is 28.2 Å². The first-order valence-electron chi connectivity index (χ1n) is 3.95. The largest absolute Gasteiger partial charge is 0.454 e. The Balaban J connectivity index is 2.43. The number of fused-ring (bicyclic) bond motifs is 1. The molecule has 0 aliphatic carbocycles. The third kappa shape index (κ3) is 1.55. The number of allylic oxidation sites excluding steroid dienone is 1. The maximum atomic E-state index is 8.83. The van der Waals surface area contributed by atoms with E-state index >= 15 is 0 Å². The van der Waals surface area contributed by atoms with Crippen LogP contribution in [-0.4, -0.2) is 6.79 Å². The van der Waals surface area contributed by atoms with E-state index < -0.39 is 0 Å². The first-order valence-corrected chi connectivity index (χ1v) is 5.20. The summed E-state index contributed by atoms with van der Waals surface area (Å²) in [6.07, 6.45) is 0. The number of benzene rings is 1. The molecule has 1 aromatic carbocycles. The van der Waals surface area contributed by atoms with Crippen molar-refractivity contribution in [2.45, 2.75) is 0 Å². The Kier molecular flexibility index (Phi) is 2.59. The summed E-state index contributed by atoms with van der Waals surface area (Å²) in [5, 5.41) is 8.83. The lowest BCUT2D eigenvalue weighted by atomic mass is 10.1. The molecule has 0 fully saturated rings. The van der Waals surface area contributed by atoms with Gasteiger partial charge in [-0.3, -0.25) is 0 Å². The van der Waals surface area contributed by atoms with Crippen LogP contribution >= 0.6 is 22.6 Å². The van der Waals surface area contributed by atoms with Gasteiger partial charge in [0.2, 0.25) is 6.79 Å². The molecule has 0 bridgehead atoms. The Bertz CT molecular complexity index is 434. The average Bonchev–Trinajstić information content (AvgIpc) is 2.66. The molecular weight excluding hydrogens is 293 g/mol. The van der Waals surface area contributed by atoms with Crippen LogP contribution in [-0.2, 0) is 0 Å². The zero-order valence-electron chi connectivity index (χ0n) is 7.16. The van der Waals surface area contributed by atoms with Crippen LogP contribution in [0.3, 0.4) is 0 Å². The van der Waals surface area contributed by atoms with Gasteiger partial charge in [-0.05, 0) is 27.8 Å². The highest BCUT2D eigenvalue weighted by molar-refractivity contribution is 14.1. The Hall–Kier alpha value is -1.22. The van der Waals surface area contributed by atoms with Crippen LogP contribution in [0.4, 0.5) is 0 Å². The molecule has 0 radical (unpaired) electrons. The van der Waals surface area contributed by atoms with Crippen molar-refractivity contribution < 1.29 is 9.47 Å². The first kappa shape index (κ1) is 9.34. The van der Waals surface area contributed by atoms with Gasteiger partial charge in [0, 0.05) is 0 Å². The number of nitrogens with zero attached hydrogens (tertiary/aromatic N) is 1. The minimum Gasteiger partial charge on any atom is -0.454 e. The van der Waals surface area contributed by atoms with Gasteiger partial charge in [-0.15, -0.1) is 0 Å². The lowest BCUT2D eigenvalue weighted by Gasteiger charge is -1.99. The highest BCUT2D eigenvalue weighted by Gasteiger charge is 2.14. The van der Waals surface area contributed by atoms with E-state index in [0.29, 0.717) is 11.3 Å². The molecule has 1 aromatic rings. The molecule has 1 aliphatic heterocycles. The van der Waals surface area contributed by atoms with E-state index in [4.69, 9.17) is 14.7 Å². The minimum atomic E-state index is 0.259. The number of rotatable bonds is 1. The van der Waals surface area contributed by atoms with Crippen LogP contribution in [0, 0.1) is 11.3 Å². The summed E-state index contributed by atoms with van der Waals surface area (Å²) in [4.78, 5) is 0. The third-order valence-corrected chi connectivity index (χ3v) is 2.54. The van der Waals surface area contributed by atoms with E-state index in [9.17, 15) is 0 Å². The number of ether oxygens (including phenoxy) is 2. The second kappa shape index (κ2) is 3.88. The summed E-state index contributed by atoms with van der Waals surface area (Å²) in [6, 6.07) is 7.60. The Morgan fingerprint density at radius 2 is 2.21 bits per heavy atom. The van der Waals surface area contributed by atoms with E-state index in [1.165, 1.54) is 0 Å². The quantitative estimate of drug-likeness (QED) is 0.591. The van der Waals surface area contributed by atoms with Gasteiger partial charge in [0.25, 0.3) is 0 Å². The normalized spacial score (nSPS) is 13.9. The topological polar surface area (TPSA) is 42.2 Å². The van der Waals surface area contributed by atoms with E-state index in [-0.39, 0.29) is 6.79 Å². The van der Waals surface area contributed by atoms with Crippen LogP contribution in [0.15, 0.2) is 22.3 Å². The Morgan fingerprint density at radius 1 is 1.43 bits per heavy atom. The lowest BCUT2D eigenvalue weighted by Crippen LogP contribution is -1.92. The highest BCUT2D eigenvalue weighted by atomic mass is 127. The van der Waals surface area contributed by atoms with E-state index in [1.54, 1.807) is 4.08 Å². The van der Waals surface area contributed by atoms with Crippen LogP contribution in [0.25, 0.3) is 5.57 Å². The standard InChI is InChI=1S/C10H6INO2/c11-4-8(5-12)7-1-2-9-10(3-7)14-6-13-9/h1-4H,6H2/b8-4+. The molecule has 1 heterocycles. The molecule has 70 valence electrons. The molecule has 0 saturated heterocycles. The fourth-order valence-electron chi connectivity index (χ4n) is 1.22. The van der Waals surface area contributed by atoms with E-state index in [2.05, 4.69) is 6.07 Å². The maximum absolute atomic E-state index is 8.83. The second-order valence-electron chi connectivity index (χ2n) is 2.70. The zero-order valence-corrected chi connectivity index (χ0v) is 9.32. The molecule has 0 amide bonds. The summed E-state index contributed by atoms with van der Waals surface area (Å²) < 4.78 is 12.1. The van der Waals surface area contributed by atoms with E-state index in [0.717, 1.165) is 11.3 Å². The van der Waals surface area contributed by atoms with Gasteiger partial charge in [-0.1, -0.05) is 22.6 Å². The molecule has 3 nitrogen and oxygen atoms in total. The average molecular weight is 299 g/mol. The van der Waals surface area contributed by atoms with Gasteiger partial charge in [-0.2, -0.15) is 5.26 Å². The monoisotopic (exact) mass is 299 g/mol. The van der Waals surface area contributed by atoms with Crippen molar-refractivity contribution in [2.75, 3.05) is 6.79 Å². The maximum Gasteiger partial charge on any atom is 0.231 e. The Morgan fingerprint density at radius 3 is 2.93 bits per heavy atom. The molecule has 0 spiro atoms. The van der Waals surface area contributed by atoms with Crippen molar-refractivity contribution in [3.05, 3.63) is 27.8 Å². The minimum absolute atomic E-state index is 0.259. The van der Waals surface area contributed by atoms with Crippen molar-refractivity contribution in [2.24, 2.45) is 0 Å². The Labute approximate surface area is 95.1 Å². The molecule has 0 aromatic heterocycles. The van der Waals surface area contributed by atoms with Gasteiger partial charge in [0.15, 0.2) is 11.5 Å². The predicted molar refractivity (Wildman–Crippen MR) is 60.2 cm³/mol. The van der Waals surface area contributed by atoms with Gasteiger partial charge >= 0.3 is 0 Å². The second-order valence-corrected chi connectivity index (χ2v) is 3.33. The number of nitriles is 1. The van der Waals surface area contributed by atoms with Crippen molar-refractivity contribution in [1.82, 2.24) is 0 Å². The lowest BCUT2D eigenvalue weighted by molar-refractivity contribution is 0.174. The van der Waals surface area contributed by atoms with E-state index in [1.807, 2.05) is 40.8 Å². The molecule has 2 rings (SSSR count). The summed E-state index contributed by atoms with van der Waals surface area (Å²) in [6.45, 7) is 0.259. The van der Waals surface area contributed by atoms with Gasteiger partial charge in [-0.25, -0.2) is 0 Å². The van der Waals surface area contributed by atoms with Gasteiger partial charge in [0.1, 0.15) is 6.07 Å². The molecule has 0 saturated carbocycles. The molecule has 1 aliphatic rings. The summed E-state index contributed by atoms with van der Waals surface area (Å²) in [7, 11) is 0. The summed E-state index contributed by atoms with van der Waals surface area (Å²) >= 11 is 2.04. The fraction of sp³-hybridized carbons (Fsp3) is 0.100. The molecule has 0 atom stereocenters. The highest BCUT2D eigenvalue weighted by Crippen LogP contribution is 2.34. The van der Waals surface area contributed by atoms with Gasteiger partial charge in [0.05, 0.1) is 5.57 Å². The number of halogens is 1. The molecule has 14 heavy (non-hydrogen) atoms. The molecule has 0 unspecified atom stereocenters.